The molecule has 1 aliphatic rings. The van der Waals surface area contributed by atoms with E-state index in [1.807, 2.05) is 0 Å². The third-order valence-electron chi connectivity index (χ3n) is 3.77. The molecule has 5 nitrogen and oxygen atoms in total. The highest BCUT2D eigenvalue weighted by Gasteiger charge is 2.19. The molecule has 3 N–H and O–H groups in total. The van der Waals surface area contributed by atoms with Crippen molar-refractivity contribution < 1.29 is 4.79 Å². The number of amides is 1. The number of nitrogens with zero attached hydrogens (tertiary/aromatic N) is 2. The van der Waals surface area contributed by atoms with Gasteiger partial charge in [0.15, 0.2) is 0 Å². The van der Waals surface area contributed by atoms with Crippen molar-refractivity contribution in [1.82, 2.24) is 15.1 Å². The van der Waals surface area contributed by atoms with E-state index in [0.717, 1.165) is 39.1 Å². The lowest BCUT2D eigenvalue weighted by Crippen LogP contribution is -2.41. The van der Waals surface area contributed by atoms with E-state index in [1.165, 1.54) is 12.8 Å². The van der Waals surface area contributed by atoms with Crippen molar-refractivity contribution in [3.63, 3.8) is 0 Å². The molecule has 0 unspecified atom stereocenters. The average Bonchev–Trinajstić information content (AvgIpc) is 2.41. The second-order valence-electron chi connectivity index (χ2n) is 5.78. The Labute approximate surface area is 117 Å². The second-order valence-corrected chi connectivity index (χ2v) is 5.78. The summed E-state index contributed by atoms with van der Waals surface area (Å²) < 4.78 is 0. The molecule has 5 heteroatoms. The number of rotatable bonds is 8. The normalized spacial score (nSPS) is 17.9. The fourth-order valence-electron chi connectivity index (χ4n) is 2.36. The summed E-state index contributed by atoms with van der Waals surface area (Å²) in [6.45, 7) is 6.04. The molecule has 112 valence electrons. The molecule has 1 rings (SSSR count). The van der Waals surface area contributed by atoms with Gasteiger partial charge in [-0.1, -0.05) is 0 Å². The molecule has 0 radical (unpaired) electrons. The Bertz CT molecular complexity index is 250. The first-order valence-corrected chi connectivity index (χ1v) is 7.45. The van der Waals surface area contributed by atoms with Crippen LogP contribution in [0.15, 0.2) is 0 Å². The van der Waals surface area contributed by atoms with Gasteiger partial charge < -0.3 is 20.9 Å². The Morgan fingerprint density at radius 2 is 2.05 bits per heavy atom. The van der Waals surface area contributed by atoms with Crippen LogP contribution in [0.2, 0.25) is 0 Å². The summed E-state index contributed by atoms with van der Waals surface area (Å²) in [6.07, 6.45) is 3.75. The Balaban J connectivity index is 2.08. The molecular weight excluding hydrogens is 240 g/mol. The maximum absolute atomic E-state index is 11.5. The number of carbonyl (C=O) groups excluding carboxylic acids is 1. The third-order valence-corrected chi connectivity index (χ3v) is 3.77. The second kappa shape index (κ2) is 9.28. The van der Waals surface area contributed by atoms with Crippen LogP contribution in [0, 0.1) is 5.92 Å². The Hall–Kier alpha value is -0.650. The number of nitrogens with one attached hydrogen (secondary N) is 1. The maximum Gasteiger partial charge on any atom is 0.220 e. The zero-order valence-corrected chi connectivity index (χ0v) is 12.5. The highest BCUT2D eigenvalue weighted by atomic mass is 16.1. The monoisotopic (exact) mass is 270 g/mol. The molecule has 0 aromatic rings. The van der Waals surface area contributed by atoms with Crippen LogP contribution < -0.4 is 11.1 Å². The number of likely N-dealkylation sites (N-methyl/N-ethyl adjacent to an activating group) is 1. The van der Waals surface area contributed by atoms with Gasteiger partial charge in [-0.25, -0.2) is 0 Å². The molecule has 0 saturated carbocycles. The van der Waals surface area contributed by atoms with Gasteiger partial charge in [-0.15, -0.1) is 0 Å². The molecule has 0 spiro atoms. The van der Waals surface area contributed by atoms with Crippen LogP contribution in [0.1, 0.15) is 25.7 Å². The lowest BCUT2D eigenvalue weighted by molar-refractivity contribution is -0.121. The van der Waals surface area contributed by atoms with Crippen molar-refractivity contribution in [2.75, 3.05) is 53.4 Å². The SMILES string of the molecule is CN(C)CCN1CCC(CNC(=O)CCCN)CC1. The number of hydrogen-bond acceptors (Lipinski definition) is 4. The van der Waals surface area contributed by atoms with E-state index in [4.69, 9.17) is 5.73 Å². The largest absolute Gasteiger partial charge is 0.356 e. The summed E-state index contributed by atoms with van der Waals surface area (Å²) >= 11 is 0. The summed E-state index contributed by atoms with van der Waals surface area (Å²) in [5.74, 6) is 0.804. The van der Waals surface area contributed by atoms with Crippen LogP contribution in [-0.4, -0.2) is 69.1 Å². The zero-order chi connectivity index (χ0) is 14.1. The number of piperidine rings is 1. The van der Waals surface area contributed by atoms with Crippen LogP contribution in [0.3, 0.4) is 0 Å². The Morgan fingerprint density at radius 3 is 2.63 bits per heavy atom. The van der Waals surface area contributed by atoms with E-state index in [2.05, 4.69) is 29.2 Å². The molecule has 1 fully saturated rings. The molecule has 0 bridgehead atoms. The van der Waals surface area contributed by atoms with Gasteiger partial charge >= 0.3 is 0 Å². The molecule has 0 aromatic carbocycles. The first-order valence-electron chi connectivity index (χ1n) is 7.45. The van der Waals surface area contributed by atoms with Crippen LogP contribution in [0.5, 0.6) is 0 Å². The predicted molar refractivity (Wildman–Crippen MR) is 79.0 cm³/mol. The van der Waals surface area contributed by atoms with Crippen molar-refractivity contribution >= 4 is 5.91 Å². The van der Waals surface area contributed by atoms with Crippen molar-refractivity contribution in [2.45, 2.75) is 25.7 Å². The molecule has 1 saturated heterocycles. The molecule has 1 aliphatic heterocycles. The van der Waals surface area contributed by atoms with Gasteiger partial charge in [0.25, 0.3) is 0 Å². The number of nitrogens with two attached hydrogens (primary N) is 1. The first kappa shape index (κ1) is 16.4. The molecule has 1 amide bonds. The minimum Gasteiger partial charge on any atom is -0.356 e. The van der Waals surface area contributed by atoms with Crippen molar-refractivity contribution in [1.29, 1.82) is 0 Å². The van der Waals surface area contributed by atoms with E-state index >= 15 is 0 Å². The van der Waals surface area contributed by atoms with Crippen LogP contribution in [-0.2, 0) is 4.79 Å². The summed E-state index contributed by atoms with van der Waals surface area (Å²) in [5, 5.41) is 3.03. The van der Waals surface area contributed by atoms with E-state index in [9.17, 15) is 4.79 Å². The topological polar surface area (TPSA) is 61.6 Å². The first-order chi connectivity index (χ1) is 9.11. The van der Waals surface area contributed by atoms with Gasteiger partial charge in [0, 0.05) is 26.1 Å². The van der Waals surface area contributed by atoms with Crippen molar-refractivity contribution in [3.05, 3.63) is 0 Å². The molecule has 19 heavy (non-hydrogen) atoms. The highest BCUT2D eigenvalue weighted by Crippen LogP contribution is 2.16. The summed E-state index contributed by atoms with van der Waals surface area (Å²) in [6, 6.07) is 0. The van der Waals surface area contributed by atoms with Crippen LogP contribution >= 0.6 is 0 Å². The van der Waals surface area contributed by atoms with Gasteiger partial charge in [0.1, 0.15) is 0 Å². The molecular formula is C14H30N4O. The fourth-order valence-corrected chi connectivity index (χ4v) is 2.36. The molecule has 0 aliphatic carbocycles. The Kier molecular flexibility index (Phi) is 8.02. The lowest BCUT2D eigenvalue weighted by atomic mass is 9.96. The predicted octanol–water partition coefficient (Wildman–Crippen LogP) is 0.115. The third kappa shape index (κ3) is 7.50. The summed E-state index contributed by atoms with van der Waals surface area (Å²) in [5.41, 5.74) is 5.39. The van der Waals surface area contributed by atoms with Gasteiger partial charge in [0.05, 0.1) is 0 Å². The average molecular weight is 270 g/mol. The number of carbonyl (C=O) groups is 1. The molecule has 0 atom stereocenters. The zero-order valence-electron chi connectivity index (χ0n) is 12.5. The summed E-state index contributed by atoms with van der Waals surface area (Å²) in [4.78, 5) is 16.3. The summed E-state index contributed by atoms with van der Waals surface area (Å²) in [7, 11) is 4.23. The van der Waals surface area contributed by atoms with E-state index in [0.29, 0.717) is 18.9 Å². The smallest absolute Gasteiger partial charge is 0.220 e. The fraction of sp³-hybridized carbons (Fsp3) is 0.929. The highest BCUT2D eigenvalue weighted by molar-refractivity contribution is 5.75. The van der Waals surface area contributed by atoms with E-state index in [1.54, 1.807) is 0 Å². The van der Waals surface area contributed by atoms with Gasteiger partial charge in [0.2, 0.25) is 5.91 Å². The van der Waals surface area contributed by atoms with Gasteiger partial charge in [-0.2, -0.15) is 0 Å². The minimum atomic E-state index is 0.153. The molecule has 0 aromatic heterocycles. The molecule has 1 heterocycles. The van der Waals surface area contributed by atoms with Crippen molar-refractivity contribution in [3.8, 4) is 0 Å². The van der Waals surface area contributed by atoms with Crippen LogP contribution in [0.4, 0.5) is 0 Å². The number of likely N-dealkylation sites (tertiary alicyclic amines) is 1. The number of hydrogen-bond donors (Lipinski definition) is 2. The lowest BCUT2D eigenvalue weighted by Gasteiger charge is -2.32. The van der Waals surface area contributed by atoms with Crippen molar-refractivity contribution in [2.24, 2.45) is 11.7 Å². The van der Waals surface area contributed by atoms with E-state index < -0.39 is 0 Å². The maximum atomic E-state index is 11.5. The van der Waals surface area contributed by atoms with Gasteiger partial charge in [-0.05, 0) is 58.9 Å². The van der Waals surface area contributed by atoms with Crippen LogP contribution in [0.25, 0.3) is 0 Å². The standard InChI is InChI=1S/C14H30N4O/c1-17(2)10-11-18-8-5-13(6-9-18)12-16-14(19)4-3-7-15/h13H,3-12,15H2,1-2H3,(H,16,19). The van der Waals surface area contributed by atoms with Gasteiger partial charge in [-0.3, -0.25) is 4.79 Å². The Morgan fingerprint density at radius 1 is 1.37 bits per heavy atom. The quantitative estimate of drug-likeness (QED) is 0.657. The van der Waals surface area contributed by atoms with E-state index in [-0.39, 0.29) is 5.91 Å². The minimum absolute atomic E-state index is 0.153.